The van der Waals surface area contributed by atoms with E-state index in [2.05, 4.69) is 4.74 Å². The van der Waals surface area contributed by atoms with E-state index in [1.54, 1.807) is 37.3 Å². The molecule has 1 unspecified atom stereocenters. The number of Topliss-reactive ketones (excluding diaryl/α,β-unsaturated/α-hetero) is 1. The molecule has 0 aliphatic carbocycles. The van der Waals surface area contributed by atoms with Crippen LogP contribution in [0.25, 0.3) is 10.9 Å². The standard InChI is InChI=1S/C32H33NO8/c1-21-31(29(35)10-6-7-11-30(36)39-2)27-18-22(32(37)38)12-17-28(27)33(21)19-23(34)20-40-24-13-15-26(16-14-24)41-25-8-4-3-5-9-25/h3-5,8-9,12-18,23,34H,6-7,10-11,19-20H2,1-2H3,(H,37,38). The van der Waals surface area contributed by atoms with E-state index < -0.39 is 12.1 Å². The summed E-state index contributed by atoms with van der Waals surface area (Å²) in [4.78, 5) is 36.3. The zero-order valence-electron chi connectivity index (χ0n) is 23.0. The summed E-state index contributed by atoms with van der Waals surface area (Å²) in [5.41, 5.74) is 1.76. The van der Waals surface area contributed by atoms with E-state index in [0.29, 0.717) is 46.5 Å². The van der Waals surface area contributed by atoms with Crippen LogP contribution in [0.15, 0.2) is 72.8 Å². The minimum atomic E-state index is -1.09. The van der Waals surface area contributed by atoms with Gasteiger partial charge >= 0.3 is 11.9 Å². The summed E-state index contributed by atoms with van der Waals surface area (Å²) in [6.45, 7) is 1.92. The van der Waals surface area contributed by atoms with Gasteiger partial charge in [0.05, 0.1) is 19.2 Å². The predicted molar refractivity (Wildman–Crippen MR) is 153 cm³/mol. The number of carbonyl (C=O) groups excluding carboxylic acids is 2. The predicted octanol–water partition coefficient (Wildman–Crippen LogP) is 5.80. The van der Waals surface area contributed by atoms with Crippen molar-refractivity contribution in [2.24, 2.45) is 0 Å². The highest BCUT2D eigenvalue weighted by Crippen LogP contribution is 2.30. The van der Waals surface area contributed by atoms with Gasteiger partial charge in [-0.05, 0) is 74.4 Å². The molecule has 4 rings (SSSR count). The summed E-state index contributed by atoms with van der Waals surface area (Å²) in [5.74, 6) is 0.364. The number of aromatic nitrogens is 1. The normalized spacial score (nSPS) is 11.7. The minimum absolute atomic E-state index is 0.00200. The number of carboxylic acids is 1. The summed E-state index contributed by atoms with van der Waals surface area (Å²) in [5, 5.41) is 20.9. The van der Waals surface area contributed by atoms with Gasteiger partial charge in [0.25, 0.3) is 0 Å². The van der Waals surface area contributed by atoms with Crippen LogP contribution in [0.1, 0.15) is 52.1 Å². The topological polar surface area (TPSA) is 124 Å². The third-order valence-electron chi connectivity index (χ3n) is 6.75. The fourth-order valence-electron chi connectivity index (χ4n) is 4.67. The molecular weight excluding hydrogens is 526 g/mol. The van der Waals surface area contributed by atoms with E-state index in [1.165, 1.54) is 19.2 Å². The highest BCUT2D eigenvalue weighted by atomic mass is 16.5. The number of ether oxygens (including phenoxy) is 3. The molecule has 9 heteroatoms. The lowest BCUT2D eigenvalue weighted by Crippen LogP contribution is -2.24. The van der Waals surface area contributed by atoms with Crippen LogP contribution >= 0.6 is 0 Å². The maximum absolute atomic E-state index is 13.3. The number of carbonyl (C=O) groups is 3. The van der Waals surface area contributed by atoms with Crippen LogP contribution in [-0.4, -0.2) is 52.3 Å². The summed E-state index contributed by atoms with van der Waals surface area (Å²) in [6, 6.07) is 21.1. The zero-order valence-corrected chi connectivity index (χ0v) is 23.0. The number of para-hydroxylation sites is 1. The van der Waals surface area contributed by atoms with Gasteiger partial charge in [-0.1, -0.05) is 18.2 Å². The molecule has 0 aliphatic rings. The first-order chi connectivity index (χ1) is 19.8. The molecular formula is C32H33NO8. The number of ketones is 1. The zero-order chi connectivity index (χ0) is 29.4. The number of aromatic carboxylic acids is 1. The van der Waals surface area contributed by atoms with E-state index in [0.717, 1.165) is 5.75 Å². The number of aliphatic hydroxyl groups excluding tert-OH is 1. The number of esters is 1. The SMILES string of the molecule is COC(=O)CCCCC(=O)c1c(C)n(CC(O)COc2ccc(Oc3ccccc3)cc2)c2ccc(C(=O)O)cc12. The van der Waals surface area contributed by atoms with Crippen LogP contribution in [0, 0.1) is 6.92 Å². The van der Waals surface area contributed by atoms with Crippen LogP contribution in [0.3, 0.4) is 0 Å². The monoisotopic (exact) mass is 559 g/mol. The minimum Gasteiger partial charge on any atom is -0.491 e. The number of hydrogen-bond acceptors (Lipinski definition) is 7. The van der Waals surface area contributed by atoms with Gasteiger partial charge in [0.15, 0.2) is 5.78 Å². The van der Waals surface area contributed by atoms with Crippen molar-refractivity contribution in [3.05, 3.63) is 89.6 Å². The fraction of sp³-hybridized carbons (Fsp3) is 0.281. The quantitative estimate of drug-likeness (QED) is 0.113. The second-order valence-corrected chi connectivity index (χ2v) is 9.67. The van der Waals surface area contributed by atoms with Crippen molar-refractivity contribution in [1.29, 1.82) is 0 Å². The lowest BCUT2D eigenvalue weighted by atomic mass is 10.0. The van der Waals surface area contributed by atoms with E-state index in [4.69, 9.17) is 9.47 Å². The highest BCUT2D eigenvalue weighted by Gasteiger charge is 2.22. The molecule has 0 bridgehead atoms. The number of aliphatic hydroxyl groups is 1. The molecule has 41 heavy (non-hydrogen) atoms. The highest BCUT2D eigenvalue weighted by molar-refractivity contribution is 6.10. The van der Waals surface area contributed by atoms with Crippen LogP contribution in [-0.2, 0) is 16.1 Å². The molecule has 0 spiro atoms. The van der Waals surface area contributed by atoms with Gasteiger partial charge in [-0.15, -0.1) is 0 Å². The molecule has 0 radical (unpaired) electrons. The van der Waals surface area contributed by atoms with Crippen molar-refractivity contribution < 1.29 is 38.8 Å². The lowest BCUT2D eigenvalue weighted by molar-refractivity contribution is -0.140. The summed E-state index contributed by atoms with van der Waals surface area (Å²) >= 11 is 0. The van der Waals surface area contributed by atoms with Crippen molar-refractivity contribution in [2.75, 3.05) is 13.7 Å². The molecule has 1 heterocycles. The molecule has 9 nitrogen and oxygen atoms in total. The molecule has 1 atom stereocenters. The molecule has 0 saturated heterocycles. The molecule has 0 aliphatic heterocycles. The van der Waals surface area contributed by atoms with E-state index >= 15 is 0 Å². The number of benzene rings is 3. The first kappa shape index (κ1) is 29.4. The number of nitrogens with zero attached hydrogens (tertiary/aromatic N) is 1. The fourth-order valence-corrected chi connectivity index (χ4v) is 4.67. The van der Waals surface area contributed by atoms with E-state index in [1.807, 2.05) is 34.9 Å². The number of carboxylic acid groups (broad SMARTS) is 1. The Kier molecular flexibility index (Phi) is 9.76. The Bertz CT molecular complexity index is 1510. The maximum atomic E-state index is 13.3. The molecule has 2 N–H and O–H groups in total. The average Bonchev–Trinajstić information content (AvgIpc) is 3.25. The van der Waals surface area contributed by atoms with Crippen molar-refractivity contribution in [2.45, 2.75) is 45.3 Å². The van der Waals surface area contributed by atoms with Crippen molar-refractivity contribution >= 4 is 28.6 Å². The molecule has 0 amide bonds. The van der Waals surface area contributed by atoms with Gasteiger partial charge in [-0.3, -0.25) is 9.59 Å². The Morgan fingerprint density at radius 2 is 1.54 bits per heavy atom. The number of methoxy groups -OCH3 is 1. The van der Waals surface area contributed by atoms with Gasteiger partial charge in [-0.25, -0.2) is 4.79 Å². The summed E-state index contributed by atoms with van der Waals surface area (Å²) in [6.07, 6.45) is 0.509. The number of fused-ring (bicyclic) bond motifs is 1. The first-order valence-electron chi connectivity index (χ1n) is 13.4. The van der Waals surface area contributed by atoms with Gasteiger partial charge < -0.3 is 29.0 Å². The number of rotatable bonds is 14. The van der Waals surface area contributed by atoms with Crippen LogP contribution < -0.4 is 9.47 Å². The Labute approximate surface area is 237 Å². The van der Waals surface area contributed by atoms with Crippen molar-refractivity contribution in [3.8, 4) is 17.2 Å². The summed E-state index contributed by atoms with van der Waals surface area (Å²) in [7, 11) is 1.32. The van der Waals surface area contributed by atoms with Crippen LogP contribution in [0.2, 0.25) is 0 Å². The smallest absolute Gasteiger partial charge is 0.335 e. The van der Waals surface area contributed by atoms with E-state index in [-0.39, 0.29) is 43.3 Å². The first-order valence-corrected chi connectivity index (χ1v) is 13.4. The number of hydrogen-bond donors (Lipinski definition) is 2. The van der Waals surface area contributed by atoms with E-state index in [9.17, 15) is 24.6 Å². The maximum Gasteiger partial charge on any atom is 0.335 e. The van der Waals surface area contributed by atoms with Gasteiger partial charge in [0.1, 0.15) is 30.0 Å². The van der Waals surface area contributed by atoms with Gasteiger partial charge in [-0.2, -0.15) is 0 Å². The second-order valence-electron chi connectivity index (χ2n) is 9.67. The molecule has 3 aromatic carbocycles. The Balaban J connectivity index is 1.45. The van der Waals surface area contributed by atoms with Gasteiger partial charge in [0.2, 0.25) is 0 Å². The Morgan fingerprint density at radius 3 is 2.22 bits per heavy atom. The third-order valence-corrected chi connectivity index (χ3v) is 6.75. The lowest BCUT2D eigenvalue weighted by Gasteiger charge is -2.16. The second kappa shape index (κ2) is 13.6. The Hall–Kier alpha value is -4.63. The molecule has 0 fully saturated rings. The summed E-state index contributed by atoms with van der Waals surface area (Å²) < 4.78 is 18.0. The van der Waals surface area contributed by atoms with Crippen molar-refractivity contribution in [3.63, 3.8) is 0 Å². The Morgan fingerprint density at radius 1 is 0.878 bits per heavy atom. The van der Waals surface area contributed by atoms with Crippen LogP contribution in [0.4, 0.5) is 0 Å². The number of unbranched alkanes of at least 4 members (excludes halogenated alkanes) is 1. The molecule has 0 saturated carbocycles. The third kappa shape index (κ3) is 7.52. The van der Waals surface area contributed by atoms with Crippen molar-refractivity contribution in [1.82, 2.24) is 4.57 Å². The average molecular weight is 560 g/mol. The molecule has 214 valence electrons. The van der Waals surface area contributed by atoms with Gasteiger partial charge in [0, 0.05) is 35.0 Å². The molecule has 4 aromatic rings. The van der Waals surface area contributed by atoms with Crippen LogP contribution in [0.5, 0.6) is 17.2 Å². The largest absolute Gasteiger partial charge is 0.491 e. The molecule has 1 aromatic heterocycles.